The van der Waals surface area contributed by atoms with Gasteiger partial charge < -0.3 is 5.32 Å². The van der Waals surface area contributed by atoms with Gasteiger partial charge in [-0.3, -0.25) is 4.90 Å². The molecule has 1 aliphatic heterocycles. The molecule has 0 aromatic heterocycles. The zero-order valence-corrected chi connectivity index (χ0v) is 12.3. The maximum absolute atomic E-state index is 3.65. The van der Waals surface area contributed by atoms with E-state index < -0.39 is 0 Å². The number of nitrogens with one attached hydrogen (secondary N) is 1. The van der Waals surface area contributed by atoms with E-state index in [0.29, 0.717) is 6.04 Å². The van der Waals surface area contributed by atoms with Crippen molar-refractivity contribution >= 4 is 17.4 Å². The van der Waals surface area contributed by atoms with Gasteiger partial charge in [0.2, 0.25) is 0 Å². The molecule has 2 rings (SSSR count). The first-order chi connectivity index (χ1) is 8.81. The summed E-state index contributed by atoms with van der Waals surface area (Å²) < 4.78 is 0. The molecular weight excluding hydrogens is 240 g/mol. The van der Waals surface area contributed by atoms with Gasteiger partial charge in [0.15, 0.2) is 0 Å². The molecule has 1 aliphatic rings. The van der Waals surface area contributed by atoms with Crippen LogP contribution in [0.15, 0.2) is 24.3 Å². The average molecular weight is 264 g/mol. The smallest absolute Gasteiger partial charge is 0.0359 e. The maximum Gasteiger partial charge on any atom is 0.0359 e. The van der Waals surface area contributed by atoms with E-state index in [2.05, 4.69) is 60.1 Å². The second-order valence-electron chi connectivity index (χ2n) is 4.87. The molecule has 0 spiro atoms. The van der Waals surface area contributed by atoms with Crippen molar-refractivity contribution in [3.05, 3.63) is 29.8 Å². The van der Waals surface area contributed by atoms with Crippen molar-refractivity contribution in [2.24, 2.45) is 0 Å². The highest BCUT2D eigenvalue weighted by Gasteiger charge is 2.14. The first kappa shape index (κ1) is 13.8. The summed E-state index contributed by atoms with van der Waals surface area (Å²) in [5, 5.41) is 3.65. The predicted octanol–water partition coefficient (Wildman–Crippen LogP) is 3.45. The third-order valence-electron chi connectivity index (χ3n) is 3.53. The molecule has 1 aromatic carbocycles. The minimum atomic E-state index is 0.665. The molecule has 0 amide bonds. The van der Waals surface area contributed by atoms with Gasteiger partial charge in [0.25, 0.3) is 0 Å². The zero-order valence-electron chi connectivity index (χ0n) is 11.5. The molecule has 1 fully saturated rings. The van der Waals surface area contributed by atoms with Crippen molar-refractivity contribution in [1.82, 2.24) is 4.90 Å². The third-order valence-corrected chi connectivity index (χ3v) is 4.69. The van der Waals surface area contributed by atoms with Crippen LogP contribution in [-0.4, -0.2) is 35.5 Å². The van der Waals surface area contributed by atoms with E-state index in [9.17, 15) is 0 Å². The quantitative estimate of drug-likeness (QED) is 0.847. The first-order valence-electron chi connectivity index (χ1n) is 6.97. The number of anilines is 1. The second-order valence-corrected chi connectivity index (χ2v) is 6.02. The molecule has 1 saturated heterocycles. The summed E-state index contributed by atoms with van der Waals surface area (Å²) in [5.74, 6) is 2.55. The monoisotopic (exact) mass is 264 g/mol. The average Bonchev–Trinajstić information content (AvgIpc) is 2.89. The van der Waals surface area contributed by atoms with E-state index >= 15 is 0 Å². The van der Waals surface area contributed by atoms with Crippen LogP contribution in [0.5, 0.6) is 0 Å². The minimum Gasteiger partial charge on any atom is -0.381 e. The van der Waals surface area contributed by atoms with Crippen molar-refractivity contribution in [3.8, 4) is 0 Å². The van der Waals surface area contributed by atoms with E-state index in [1.54, 1.807) is 0 Å². The van der Waals surface area contributed by atoms with Gasteiger partial charge in [-0.15, -0.1) is 0 Å². The van der Waals surface area contributed by atoms with Crippen LogP contribution in [0.2, 0.25) is 0 Å². The fourth-order valence-corrected chi connectivity index (χ4v) is 3.50. The number of thioether (sulfide) groups is 1. The van der Waals surface area contributed by atoms with Gasteiger partial charge >= 0.3 is 0 Å². The Morgan fingerprint density at radius 3 is 2.83 bits per heavy atom. The summed E-state index contributed by atoms with van der Waals surface area (Å²) >= 11 is 2.05. The van der Waals surface area contributed by atoms with Crippen molar-refractivity contribution in [2.45, 2.75) is 32.9 Å². The van der Waals surface area contributed by atoms with Crippen LogP contribution in [-0.2, 0) is 6.54 Å². The van der Waals surface area contributed by atoms with Crippen LogP contribution < -0.4 is 5.32 Å². The van der Waals surface area contributed by atoms with Gasteiger partial charge in [-0.25, -0.2) is 0 Å². The fraction of sp³-hybridized carbons (Fsp3) is 0.600. The lowest BCUT2D eigenvalue weighted by molar-refractivity contribution is 0.296. The Hall–Kier alpha value is -0.670. The largest absolute Gasteiger partial charge is 0.381 e. The lowest BCUT2D eigenvalue weighted by Crippen LogP contribution is -2.22. The molecule has 1 N–H and O–H groups in total. The minimum absolute atomic E-state index is 0.665. The molecule has 18 heavy (non-hydrogen) atoms. The van der Waals surface area contributed by atoms with Crippen molar-refractivity contribution in [3.63, 3.8) is 0 Å². The molecule has 0 radical (unpaired) electrons. The summed E-state index contributed by atoms with van der Waals surface area (Å²) in [6.45, 7) is 7.74. The summed E-state index contributed by atoms with van der Waals surface area (Å²) in [4.78, 5) is 2.45. The Morgan fingerprint density at radius 2 is 2.17 bits per heavy atom. The molecule has 0 aliphatic carbocycles. The van der Waals surface area contributed by atoms with Crippen LogP contribution in [0.25, 0.3) is 0 Å². The van der Waals surface area contributed by atoms with E-state index in [-0.39, 0.29) is 0 Å². The number of hydrogen-bond acceptors (Lipinski definition) is 3. The van der Waals surface area contributed by atoms with E-state index in [1.807, 2.05) is 0 Å². The molecule has 1 aromatic rings. The molecule has 2 nitrogen and oxygen atoms in total. The van der Waals surface area contributed by atoms with Crippen LogP contribution in [0.4, 0.5) is 5.69 Å². The van der Waals surface area contributed by atoms with Gasteiger partial charge in [-0.1, -0.05) is 26.0 Å². The third kappa shape index (κ3) is 3.92. The predicted molar refractivity (Wildman–Crippen MR) is 82.4 cm³/mol. The van der Waals surface area contributed by atoms with Crippen molar-refractivity contribution in [2.75, 3.05) is 29.9 Å². The summed E-state index contributed by atoms with van der Waals surface area (Å²) in [6, 6.07) is 9.56. The highest BCUT2D eigenvalue weighted by molar-refractivity contribution is 7.99. The molecule has 1 unspecified atom stereocenters. The SMILES string of the molecule is CCN(CC)Cc1cccc(NC2CCSC2)c1. The number of nitrogens with zero attached hydrogens (tertiary/aromatic N) is 1. The Labute approximate surface area is 115 Å². The lowest BCUT2D eigenvalue weighted by atomic mass is 10.1. The first-order valence-corrected chi connectivity index (χ1v) is 8.13. The summed E-state index contributed by atoms with van der Waals surface area (Å²) in [6.07, 6.45) is 1.30. The van der Waals surface area contributed by atoms with Crippen LogP contribution in [0.3, 0.4) is 0 Å². The Bertz CT molecular complexity index is 338. The number of hydrogen-bond donors (Lipinski definition) is 1. The van der Waals surface area contributed by atoms with Crippen molar-refractivity contribution in [1.29, 1.82) is 0 Å². The molecule has 3 heteroatoms. The lowest BCUT2D eigenvalue weighted by Gasteiger charge is -2.19. The van der Waals surface area contributed by atoms with Gasteiger partial charge in [-0.2, -0.15) is 11.8 Å². The van der Waals surface area contributed by atoms with Gasteiger partial charge in [0.05, 0.1) is 0 Å². The van der Waals surface area contributed by atoms with E-state index in [1.165, 1.54) is 29.2 Å². The highest BCUT2D eigenvalue weighted by Crippen LogP contribution is 2.22. The van der Waals surface area contributed by atoms with Crippen molar-refractivity contribution < 1.29 is 0 Å². The zero-order chi connectivity index (χ0) is 12.8. The molecule has 1 heterocycles. The number of rotatable bonds is 6. The van der Waals surface area contributed by atoms with Crippen LogP contribution in [0.1, 0.15) is 25.8 Å². The summed E-state index contributed by atoms with van der Waals surface area (Å²) in [5.41, 5.74) is 2.70. The van der Waals surface area contributed by atoms with E-state index in [0.717, 1.165) is 19.6 Å². The highest BCUT2D eigenvalue weighted by atomic mass is 32.2. The molecular formula is C15H24N2S. The fourth-order valence-electron chi connectivity index (χ4n) is 2.35. The Balaban J connectivity index is 1.95. The topological polar surface area (TPSA) is 15.3 Å². The van der Waals surface area contributed by atoms with E-state index in [4.69, 9.17) is 0 Å². The Morgan fingerprint density at radius 1 is 1.33 bits per heavy atom. The van der Waals surface area contributed by atoms with Gasteiger partial charge in [0, 0.05) is 24.0 Å². The Kier molecular flexibility index (Phi) is 5.39. The number of benzene rings is 1. The molecule has 1 atom stereocenters. The molecule has 0 bridgehead atoms. The van der Waals surface area contributed by atoms with Crippen LogP contribution in [0, 0.1) is 0 Å². The maximum atomic E-state index is 3.65. The molecule has 100 valence electrons. The second kappa shape index (κ2) is 7.05. The summed E-state index contributed by atoms with van der Waals surface area (Å²) in [7, 11) is 0. The molecule has 0 saturated carbocycles. The van der Waals surface area contributed by atoms with Gasteiger partial charge in [-0.05, 0) is 43.0 Å². The van der Waals surface area contributed by atoms with Gasteiger partial charge in [0.1, 0.15) is 0 Å². The standard InChI is InChI=1S/C15H24N2S/c1-3-17(4-2)11-13-6-5-7-14(10-13)16-15-8-9-18-12-15/h5-7,10,15-16H,3-4,8-9,11-12H2,1-2H3. The normalized spacial score (nSPS) is 19.4. The van der Waals surface area contributed by atoms with Crippen LogP contribution >= 0.6 is 11.8 Å².